The minimum atomic E-state index is 0.0320. The van der Waals surface area contributed by atoms with Crippen LogP contribution in [-0.4, -0.2) is 22.3 Å². The van der Waals surface area contributed by atoms with Crippen LogP contribution >= 0.6 is 0 Å². The van der Waals surface area contributed by atoms with E-state index >= 15 is 0 Å². The second kappa shape index (κ2) is 7.51. The van der Waals surface area contributed by atoms with Gasteiger partial charge in [0.1, 0.15) is 11.6 Å². The first-order valence-corrected chi connectivity index (χ1v) is 8.69. The molecule has 1 aromatic heterocycles. The Kier molecular flexibility index (Phi) is 5.18. The van der Waals surface area contributed by atoms with Crippen LogP contribution in [0.2, 0.25) is 0 Å². The summed E-state index contributed by atoms with van der Waals surface area (Å²) in [6, 6.07) is 7.93. The van der Waals surface area contributed by atoms with Crippen molar-refractivity contribution in [2.45, 2.75) is 46.1 Å². The van der Waals surface area contributed by atoms with Gasteiger partial charge in [-0.2, -0.15) is 5.10 Å². The number of aryl methyl sites for hydroxylation is 2. The van der Waals surface area contributed by atoms with Crippen molar-refractivity contribution in [2.24, 2.45) is 5.92 Å². The molecule has 2 aromatic rings. The molecule has 1 aliphatic rings. The molecular weight excluding hydrogens is 302 g/mol. The Bertz CT molecular complexity index is 687. The molecule has 1 aromatic carbocycles. The highest BCUT2D eigenvalue weighted by molar-refractivity contribution is 5.90. The summed E-state index contributed by atoms with van der Waals surface area (Å²) in [5.74, 6) is 2.47. The fraction of sp³-hybridized carbons (Fsp3) is 0.474. The van der Waals surface area contributed by atoms with Crippen molar-refractivity contribution in [1.29, 1.82) is 0 Å². The van der Waals surface area contributed by atoms with Gasteiger partial charge < -0.3 is 10.1 Å². The summed E-state index contributed by atoms with van der Waals surface area (Å²) in [6.07, 6.45) is 5.54. The molecule has 3 rings (SSSR count). The Morgan fingerprint density at radius 3 is 2.75 bits per heavy atom. The van der Waals surface area contributed by atoms with Crippen molar-refractivity contribution in [3.05, 3.63) is 41.6 Å². The molecule has 1 fully saturated rings. The Hall–Kier alpha value is -2.30. The molecule has 0 spiro atoms. The highest BCUT2D eigenvalue weighted by Gasteiger charge is 2.24. The Morgan fingerprint density at radius 1 is 1.33 bits per heavy atom. The van der Waals surface area contributed by atoms with Gasteiger partial charge in [-0.3, -0.25) is 4.79 Å². The number of nitrogens with one attached hydrogen (secondary N) is 1. The first-order chi connectivity index (χ1) is 11.7. The van der Waals surface area contributed by atoms with Crippen molar-refractivity contribution in [3.8, 4) is 5.75 Å². The normalized spacial score (nSPS) is 13.8. The number of hydrogen-bond donors (Lipinski definition) is 1. The van der Waals surface area contributed by atoms with Gasteiger partial charge in [-0.05, 0) is 56.7 Å². The summed E-state index contributed by atoms with van der Waals surface area (Å²) in [4.78, 5) is 12.3. The Labute approximate surface area is 143 Å². The zero-order valence-corrected chi connectivity index (χ0v) is 14.4. The lowest BCUT2D eigenvalue weighted by atomic mass is 10.1. The second-order valence-electron chi connectivity index (χ2n) is 6.43. The number of carbonyl (C=O) groups excluding carboxylic acids is 1. The lowest BCUT2D eigenvalue weighted by Crippen LogP contribution is -2.17. The zero-order valence-electron chi connectivity index (χ0n) is 14.4. The number of carbonyl (C=O) groups is 1. The van der Waals surface area contributed by atoms with E-state index in [0.717, 1.165) is 35.2 Å². The topological polar surface area (TPSA) is 56.1 Å². The van der Waals surface area contributed by atoms with Crippen LogP contribution in [0.5, 0.6) is 5.75 Å². The lowest BCUT2D eigenvalue weighted by Gasteiger charge is -2.10. The number of ether oxygens (including phenoxy) is 1. The van der Waals surface area contributed by atoms with E-state index in [1.165, 1.54) is 12.8 Å². The van der Waals surface area contributed by atoms with Crippen LogP contribution in [0.15, 0.2) is 30.5 Å². The zero-order chi connectivity index (χ0) is 16.9. The van der Waals surface area contributed by atoms with Gasteiger partial charge in [-0.15, -0.1) is 0 Å². The average molecular weight is 327 g/mol. The smallest absolute Gasteiger partial charge is 0.225 e. The largest absolute Gasteiger partial charge is 0.494 e. The minimum absolute atomic E-state index is 0.0320. The van der Waals surface area contributed by atoms with Crippen LogP contribution in [-0.2, 0) is 17.8 Å². The number of anilines is 1. The molecule has 5 heteroatoms. The van der Waals surface area contributed by atoms with Gasteiger partial charge in [0.15, 0.2) is 0 Å². The summed E-state index contributed by atoms with van der Waals surface area (Å²) in [6.45, 7) is 5.52. The van der Waals surface area contributed by atoms with E-state index in [1.54, 1.807) is 0 Å². The molecule has 1 heterocycles. The third-order valence-electron chi connectivity index (χ3n) is 4.28. The quantitative estimate of drug-likeness (QED) is 0.806. The summed E-state index contributed by atoms with van der Waals surface area (Å²) in [7, 11) is 0. The fourth-order valence-electron chi connectivity index (χ4n) is 2.70. The van der Waals surface area contributed by atoms with Gasteiger partial charge in [-0.25, -0.2) is 4.68 Å². The van der Waals surface area contributed by atoms with E-state index in [9.17, 15) is 4.79 Å². The molecule has 0 unspecified atom stereocenters. The molecule has 1 amide bonds. The SMILES string of the molecule is CCOc1ccc(CCC(=O)Nc2c(C)cnn2CC2CC2)cc1. The molecule has 0 aliphatic heterocycles. The standard InChI is InChI=1S/C19H25N3O2/c1-3-24-17-9-6-15(7-10-17)8-11-18(23)21-19-14(2)12-20-22(19)13-16-4-5-16/h6-7,9-10,12,16H,3-5,8,11,13H2,1-2H3,(H,21,23). The number of benzene rings is 1. The molecule has 128 valence electrons. The van der Waals surface area contributed by atoms with Crippen LogP contribution in [0.1, 0.15) is 37.3 Å². The summed E-state index contributed by atoms with van der Waals surface area (Å²) in [5.41, 5.74) is 2.15. The van der Waals surface area contributed by atoms with E-state index in [2.05, 4.69) is 10.4 Å². The van der Waals surface area contributed by atoms with Gasteiger partial charge in [0, 0.05) is 18.5 Å². The molecule has 0 bridgehead atoms. The average Bonchev–Trinajstić information content (AvgIpc) is 3.34. The van der Waals surface area contributed by atoms with E-state index in [4.69, 9.17) is 4.74 Å². The molecule has 0 saturated heterocycles. The Morgan fingerprint density at radius 2 is 2.08 bits per heavy atom. The van der Waals surface area contributed by atoms with E-state index < -0.39 is 0 Å². The fourth-order valence-corrected chi connectivity index (χ4v) is 2.70. The van der Waals surface area contributed by atoms with Crippen molar-refractivity contribution in [3.63, 3.8) is 0 Å². The third kappa shape index (κ3) is 4.37. The van der Waals surface area contributed by atoms with Crippen molar-refractivity contribution in [1.82, 2.24) is 9.78 Å². The lowest BCUT2D eigenvalue weighted by molar-refractivity contribution is -0.116. The predicted molar refractivity (Wildman–Crippen MR) is 94.2 cm³/mol. The maximum absolute atomic E-state index is 12.3. The number of rotatable bonds is 8. The van der Waals surface area contributed by atoms with Crippen LogP contribution in [0.25, 0.3) is 0 Å². The molecule has 24 heavy (non-hydrogen) atoms. The second-order valence-corrected chi connectivity index (χ2v) is 6.43. The van der Waals surface area contributed by atoms with E-state index in [-0.39, 0.29) is 5.91 Å². The summed E-state index contributed by atoms with van der Waals surface area (Å²) >= 11 is 0. The van der Waals surface area contributed by atoms with Gasteiger partial charge in [0.25, 0.3) is 0 Å². The molecule has 1 N–H and O–H groups in total. The highest BCUT2D eigenvalue weighted by atomic mass is 16.5. The van der Waals surface area contributed by atoms with Gasteiger partial charge in [0.05, 0.1) is 12.8 Å². The number of aromatic nitrogens is 2. The summed E-state index contributed by atoms with van der Waals surface area (Å²) < 4.78 is 7.36. The molecule has 1 aliphatic carbocycles. The van der Waals surface area contributed by atoms with Crippen LogP contribution in [0, 0.1) is 12.8 Å². The predicted octanol–water partition coefficient (Wildman–Crippen LogP) is 3.57. The van der Waals surface area contributed by atoms with Crippen LogP contribution in [0.4, 0.5) is 5.82 Å². The van der Waals surface area contributed by atoms with Crippen molar-refractivity contribution >= 4 is 11.7 Å². The molecular formula is C19H25N3O2. The molecule has 1 saturated carbocycles. The van der Waals surface area contributed by atoms with Gasteiger partial charge >= 0.3 is 0 Å². The first kappa shape index (κ1) is 16.6. The molecule has 0 atom stereocenters. The van der Waals surface area contributed by atoms with Crippen LogP contribution in [0.3, 0.4) is 0 Å². The minimum Gasteiger partial charge on any atom is -0.494 e. The highest BCUT2D eigenvalue weighted by Crippen LogP contribution is 2.31. The molecule has 0 radical (unpaired) electrons. The van der Waals surface area contributed by atoms with Crippen LogP contribution < -0.4 is 10.1 Å². The van der Waals surface area contributed by atoms with Crippen molar-refractivity contribution in [2.75, 3.05) is 11.9 Å². The maximum atomic E-state index is 12.3. The van der Waals surface area contributed by atoms with E-state index in [1.807, 2.05) is 49.0 Å². The number of amides is 1. The first-order valence-electron chi connectivity index (χ1n) is 8.69. The monoisotopic (exact) mass is 327 g/mol. The number of hydrogen-bond acceptors (Lipinski definition) is 3. The molecule has 5 nitrogen and oxygen atoms in total. The van der Waals surface area contributed by atoms with Gasteiger partial charge in [0.2, 0.25) is 5.91 Å². The van der Waals surface area contributed by atoms with E-state index in [0.29, 0.717) is 19.4 Å². The third-order valence-corrected chi connectivity index (χ3v) is 4.28. The Balaban J connectivity index is 1.53. The maximum Gasteiger partial charge on any atom is 0.225 e. The van der Waals surface area contributed by atoms with Gasteiger partial charge in [-0.1, -0.05) is 12.1 Å². The van der Waals surface area contributed by atoms with Crippen molar-refractivity contribution < 1.29 is 9.53 Å². The number of nitrogens with zero attached hydrogens (tertiary/aromatic N) is 2. The summed E-state index contributed by atoms with van der Waals surface area (Å²) in [5, 5.41) is 7.41.